The number of benzene rings is 1. The van der Waals surface area contributed by atoms with Crippen LogP contribution in [0.2, 0.25) is 0 Å². The van der Waals surface area contributed by atoms with Crippen LogP contribution >= 0.6 is 0 Å². The second-order valence-electron chi connectivity index (χ2n) is 10.1. The summed E-state index contributed by atoms with van der Waals surface area (Å²) >= 11 is 0. The third kappa shape index (κ3) is 5.66. The van der Waals surface area contributed by atoms with E-state index in [4.69, 9.17) is 14.5 Å². The number of ether oxygens (including phenoxy) is 2. The largest absolute Gasteiger partial charge is 0.487 e. The monoisotopic (exact) mass is 501 g/mol. The molecule has 0 spiro atoms. The number of nitrogens with zero attached hydrogens (tertiary/aromatic N) is 5. The highest BCUT2D eigenvalue weighted by molar-refractivity contribution is 6.05. The van der Waals surface area contributed by atoms with Gasteiger partial charge in [0.2, 0.25) is 0 Å². The molecule has 5 rings (SSSR count). The Labute approximate surface area is 216 Å². The molecule has 0 radical (unpaired) electrons. The van der Waals surface area contributed by atoms with Crippen LogP contribution in [0.4, 0.5) is 10.6 Å². The molecule has 2 aliphatic heterocycles. The van der Waals surface area contributed by atoms with Gasteiger partial charge < -0.3 is 14.4 Å². The second-order valence-corrected chi connectivity index (χ2v) is 10.1. The molecule has 0 atom stereocenters. The van der Waals surface area contributed by atoms with E-state index in [1.165, 1.54) is 0 Å². The van der Waals surface area contributed by atoms with Gasteiger partial charge in [-0.25, -0.2) is 9.78 Å². The lowest BCUT2D eigenvalue weighted by Gasteiger charge is -2.30. The average Bonchev–Trinajstić information content (AvgIpc) is 3.32. The minimum Gasteiger partial charge on any atom is -0.487 e. The van der Waals surface area contributed by atoms with Crippen LogP contribution in [-0.2, 0) is 17.9 Å². The van der Waals surface area contributed by atoms with E-state index in [9.17, 15) is 9.59 Å². The van der Waals surface area contributed by atoms with Crippen molar-refractivity contribution in [3.8, 4) is 5.75 Å². The number of para-hydroxylation sites is 1. The Morgan fingerprint density at radius 1 is 1.03 bits per heavy atom. The Morgan fingerprint density at radius 3 is 2.57 bits per heavy atom. The third-order valence-electron chi connectivity index (χ3n) is 6.16. The fourth-order valence-corrected chi connectivity index (χ4v) is 4.36. The van der Waals surface area contributed by atoms with Crippen molar-refractivity contribution in [3.05, 3.63) is 77.8 Å². The molecule has 2 aromatic heterocycles. The lowest BCUT2D eigenvalue weighted by atomic mass is 10.0. The summed E-state index contributed by atoms with van der Waals surface area (Å²) in [6, 6.07) is 17.0. The molecule has 0 fully saturated rings. The van der Waals surface area contributed by atoms with Crippen molar-refractivity contribution in [2.75, 3.05) is 24.5 Å². The first-order valence-corrected chi connectivity index (χ1v) is 12.5. The van der Waals surface area contributed by atoms with E-state index in [0.717, 1.165) is 17.0 Å². The first-order chi connectivity index (χ1) is 17.8. The number of carbonyl (C=O) groups is 2. The van der Waals surface area contributed by atoms with E-state index in [-0.39, 0.29) is 12.0 Å². The van der Waals surface area contributed by atoms with Crippen molar-refractivity contribution in [1.29, 1.82) is 0 Å². The standard InChI is InChI=1S/C28H31N5O4/c1-28(2,3)37-27(35)31-14-12-20(13-15-31)23-10-7-11-25(29-23)32-16-17-33-24(26(32)34)18-21(30-33)19-36-22-8-5-4-6-9-22/h4-12,18H,13-17,19H2,1-3H3. The van der Waals surface area contributed by atoms with Crippen LogP contribution in [0.5, 0.6) is 5.75 Å². The Morgan fingerprint density at radius 2 is 1.84 bits per heavy atom. The highest BCUT2D eigenvalue weighted by Crippen LogP contribution is 2.26. The number of fused-ring (bicyclic) bond motifs is 1. The topological polar surface area (TPSA) is 89.8 Å². The molecule has 192 valence electrons. The number of anilines is 1. The average molecular weight is 502 g/mol. The summed E-state index contributed by atoms with van der Waals surface area (Å²) in [5.41, 5.74) is 2.57. The predicted molar refractivity (Wildman–Crippen MR) is 139 cm³/mol. The van der Waals surface area contributed by atoms with Gasteiger partial charge in [0.1, 0.15) is 35.2 Å². The van der Waals surface area contributed by atoms with Gasteiger partial charge in [-0.05, 0) is 63.1 Å². The maximum Gasteiger partial charge on any atom is 0.410 e. The second kappa shape index (κ2) is 10.1. The van der Waals surface area contributed by atoms with Gasteiger partial charge >= 0.3 is 6.09 Å². The summed E-state index contributed by atoms with van der Waals surface area (Å²) in [5.74, 6) is 1.23. The van der Waals surface area contributed by atoms with Crippen LogP contribution in [0.3, 0.4) is 0 Å². The molecule has 9 nitrogen and oxygen atoms in total. The van der Waals surface area contributed by atoms with E-state index in [2.05, 4.69) is 5.10 Å². The molecule has 0 N–H and O–H groups in total. The van der Waals surface area contributed by atoms with Gasteiger partial charge in [-0.15, -0.1) is 0 Å². The number of carbonyl (C=O) groups excluding carboxylic acids is 2. The van der Waals surface area contributed by atoms with Gasteiger partial charge in [-0.1, -0.05) is 30.3 Å². The number of hydrogen-bond acceptors (Lipinski definition) is 6. The summed E-state index contributed by atoms with van der Waals surface area (Å²) in [6.07, 6.45) is 2.36. The van der Waals surface area contributed by atoms with Crippen molar-refractivity contribution in [2.24, 2.45) is 0 Å². The molecule has 3 aromatic rings. The zero-order chi connectivity index (χ0) is 26.0. The first-order valence-electron chi connectivity index (χ1n) is 12.5. The quantitative estimate of drug-likeness (QED) is 0.510. The molecule has 9 heteroatoms. The normalized spacial score (nSPS) is 15.8. The minimum atomic E-state index is -0.525. The Kier molecular flexibility index (Phi) is 6.69. The highest BCUT2D eigenvalue weighted by atomic mass is 16.6. The summed E-state index contributed by atoms with van der Waals surface area (Å²) in [7, 11) is 0. The summed E-state index contributed by atoms with van der Waals surface area (Å²) in [5, 5.41) is 4.55. The molecule has 4 heterocycles. The van der Waals surface area contributed by atoms with Crippen LogP contribution in [0.1, 0.15) is 49.1 Å². The van der Waals surface area contributed by atoms with E-state index >= 15 is 0 Å². The number of aromatic nitrogens is 3. The summed E-state index contributed by atoms with van der Waals surface area (Å²) in [6.45, 7) is 7.95. The molecule has 0 saturated heterocycles. The zero-order valence-corrected chi connectivity index (χ0v) is 21.4. The Bertz CT molecular complexity index is 1330. The van der Waals surface area contributed by atoms with Crippen molar-refractivity contribution >= 4 is 23.4 Å². The van der Waals surface area contributed by atoms with Gasteiger partial charge in [0.05, 0.1) is 12.2 Å². The molecule has 0 unspecified atom stereocenters. The molecule has 37 heavy (non-hydrogen) atoms. The third-order valence-corrected chi connectivity index (χ3v) is 6.16. The number of pyridine rings is 1. The van der Waals surface area contributed by atoms with Gasteiger partial charge in [-0.3, -0.25) is 14.4 Å². The predicted octanol–water partition coefficient (Wildman–Crippen LogP) is 4.54. The fraction of sp³-hybridized carbons (Fsp3) is 0.357. The van der Waals surface area contributed by atoms with Crippen LogP contribution in [0.25, 0.3) is 5.57 Å². The van der Waals surface area contributed by atoms with E-state index < -0.39 is 5.60 Å². The van der Waals surface area contributed by atoms with Gasteiger partial charge in [0.15, 0.2) is 0 Å². The molecule has 1 aromatic carbocycles. The number of rotatable bonds is 5. The van der Waals surface area contributed by atoms with Gasteiger partial charge in [-0.2, -0.15) is 5.10 Å². The SMILES string of the molecule is CC(C)(C)OC(=O)N1CC=C(c2cccc(N3CCn4nc(COc5ccccc5)cc4C3=O)n2)CC1. The van der Waals surface area contributed by atoms with E-state index in [1.807, 2.05) is 75.4 Å². The number of amides is 2. The molecular weight excluding hydrogens is 470 g/mol. The van der Waals surface area contributed by atoms with E-state index in [1.54, 1.807) is 20.5 Å². The maximum atomic E-state index is 13.3. The van der Waals surface area contributed by atoms with Gasteiger partial charge in [0.25, 0.3) is 5.91 Å². The van der Waals surface area contributed by atoms with Crippen molar-refractivity contribution in [3.63, 3.8) is 0 Å². The lowest BCUT2D eigenvalue weighted by Crippen LogP contribution is -2.41. The fourth-order valence-electron chi connectivity index (χ4n) is 4.36. The summed E-state index contributed by atoms with van der Waals surface area (Å²) < 4.78 is 13.0. The van der Waals surface area contributed by atoms with Gasteiger partial charge in [0, 0.05) is 19.6 Å². The molecule has 0 saturated carbocycles. The minimum absolute atomic E-state index is 0.136. The number of hydrogen-bond donors (Lipinski definition) is 0. The molecule has 2 amide bonds. The van der Waals surface area contributed by atoms with Crippen LogP contribution in [0, 0.1) is 0 Å². The lowest BCUT2D eigenvalue weighted by molar-refractivity contribution is 0.0270. The van der Waals surface area contributed by atoms with E-state index in [0.29, 0.717) is 56.4 Å². The Hall–Kier alpha value is -4.14. The van der Waals surface area contributed by atoms with Crippen molar-refractivity contribution < 1.29 is 19.1 Å². The first kappa shape index (κ1) is 24.5. The highest BCUT2D eigenvalue weighted by Gasteiger charge is 2.29. The molecule has 0 aliphatic carbocycles. The summed E-state index contributed by atoms with van der Waals surface area (Å²) in [4.78, 5) is 33.9. The molecular formula is C28H31N5O4. The van der Waals surface area contributed by atoms with Crippen molar-refractivity contribution in [2.45, 2.75) is 45.9 Å². The zero-order valence-electron chi connectivity index (χ0n) is 21.4. The smallest absolute Gasteiger partial charge is 0.410 e. The van der Waals surface area contributed by atoms with Crippen LogP contribution in [0.15, 0.2) is 60.7 Å². The van der Waals surface area contributed by atoms with Crippen molar-refractivity contribution in [1.82, 2.24) is 19.7 Å². The molecule has 0 bridgehead atoms. The Balaban J connectivity index is 1.26. The van der Waals surface area contributed by atoms with Crippen LogP contribution in [-0.4, -0.2) is 56.9 Å². The maximum absolute atomic E-state index is 13.3. The molecule has 2 aliphatic rings. The van der Waals surface area contributed by atoms with Crippen LogP contribution < -0.4 is 9.64 Å².